The summed E-state index contributed by atoms with van der Waals surface area (Å²) >= 11 is 5.92. The van der Waals surface area contributed by atoms with Crippen LogP contribution in [0, 0.1) is 0 Å². The average molecular weight is 235 g/mol. The first-order valence-electron chi connectivity index (χ1n) is 5.49. The van der Waals surface area contributed by atoms with Crippen molar-refractivity contribution >= 4 is 11.6 Å². The number of aryl methyl sites for hydroxylation is 1. The number of para-hydroxylation sites is 1. The van der Waals surface area contributed by atoms with Gasteiger partial charge in [0.15, 0.2) is 0 Å². The maximum atomic E-state index is 5.92. The summed E-state index contributed by atoms with van der Waals surface area (Å²) in [7, 11) is 0. The van der Waals surface area contributed by atoms with Crippen LogP contribution in [0.5, 0.6) is 0 Å². The molecule has 3 heteroatoms. The van der Waals surface area contributed by atoms with E-state index in [2.05, 4.69) is 11.3 Å². The Morgan fingerprint density at radius 3 is 2.75 bits per heavy atom. The van der Waals surface area contributed by atoms with Gasteiger partial charge >= 0.3 is 0 Å². The van der Waals surface area contributed by atoms with Crippen LogP contribution >= 0.6 is 11.6 Å². The van der Waals surface area contributed by atoms with E-state index in [1.165, 1.54) is 5.56 Å². The molecular formula is C13H15ClN2. The zero-order chi connectivity index (χ0) is 11.4. The Morgan fingerprint density at radius 2 is 2.06 bits per heavy atom. The largest absolute Gasteiger partial charge is 0.241 e. The monoisotopic (exact) mass is 234 g/mol. The smallest absolute Gasteiger partial charge is 0.0645 e. The van der Waals surface area contributed by atoms with Gasteiger partial charge in [0.05, 0.1) is 11.9 Å². The molecule has 1 heterocycles. The maximum Gasteiger partial charge on any atom is 0.0645 e. The van der Waals surface area contributed by atoms with E-state index in [0.29, 0.717) is 0 Å². The summed E-state index contributed by atoms with van der Waals surface area (Å²) in [6, 6.07) is 10.1. The van der Waals surface area contributed by atoms with Crippen molar-refractivity contribution in [2.24, 2.45) is 0 Å². The normalized spacial score (nSPS) is 12.6. The second-order valence-electron chi connectivity index (χ2n) is 3.95. The Bertz CT molecular complexity index is 434. The number of benzene rings is 1. The zero-order valence-corrected chi connectivity index (χ0v) is 10.1. The van der Waals surface area contributed by atoms with Crippen LogP contribution in [0.4, 0.5) is 0 Å². The number of hydrogen-bond acceptors (Lipinski definition) is 1. The van der Waals surface area contributed by atoms with Gasteiger partial charge in [0, 0.05) is 11.6 Å². The number of alkyl halides is 1. The van der Waals surface area contributed by atoms with Crippen molar-refractivity contribution in [2.75, 3.05) is 0 Å². The molecule has 0 radical (unpaired) electrons. The van der Waals surface area contributed by atoms with Crippen molar-refractivity contribution in [3.05, 3.63) is 48.3 Å². The van der Waals surface area contributed by atoms with E-state index in [1.54, 1.807) is 0 Å². The van der Waals surface area contributed by atoms with Gasteiger partial charge in [-0.15, -0.1) is 11.6 Å². The lowest BCUT2D eigenvalue weighted by Crippen LogP contribution is -1.94. The summed E-state index contributed by atoms with van der Waals surface area (Å²) in [4.78, 5) is 0. The molecule has 0 aliphatic rings. The highest BCUT2D eigenvalue weighted by Gasteiger charge is 2.02. The van der Waals surface area contributed by atoms with Crippen molar-refractivity contribution in [2.45, 2.75) is 25.1 Å². The molecule has 2 rings (SSSR count). The summed E-state index contributed by atoms with van der Waals surface area (Å²) in [5, 5.41) is 4.56. The molecule has 0 saturated carbocycles. The van der Waals surface area contributed by atoms with E-state index < -0.39 is 0 Å². The molecular weight excluding hydrogens is 220 g/mol. The molecule has 84 valence electrons. The predicted molar refractivity (Wildman–Crippen MR) is 67.2 cm³/mol. The van der Waals surface area contributed by atoms with Crippen molar-refractivity contribution in [3.63, 3.8) is 0 Å². The van der Waals surface area contributed by atoms with Crippen LogP contribution in [-0.4, -0.2) is 15.2 Å². The predicted octanol–water partition coefficient (Wildman–Crippen LogP) is 3.43. The average Bonchev–Trinajstić information content (AvgIpc) is 2.76. The molecule has 0 N–H and O–H groups in total. The van der Waals surface area contributed by atoms with Crippen molar-refractivity contribution in [1.82, 2.24) is 9.78 Å². The molecule has 1 aromatic heterocycles. The van der Waals surface area contributed by atoms with Gasteiger partial charge in [0.1, 0.15) is 0 Å². The van der Waals surface area contributed by atoms with E-state index in [4.69, 9.17) is 11.6 Å². The second-order valence-corrected chi connectivity index (χ2v) is 4.69. The number of halogens is 1. The molecule has 2 aromatic rings. The third kappa shape index (κ3) is 2.86. The van der Waals surface area contributed by atoms with E-state index in [0.717, 1.165) is 18.5 Å². The molecule has 0 bridgehead atoms. The van der Waals surface area contributed by atoms with Crippen LogP contribution in [0.2, 0.25) is 0 Å². The fraction of sp³-hybridized carbons (Fsp3) is 0.308. The van der Waals surface area contributed by atoms with E-state index in [-0.39, 0.29) is 5.38 Å². The summed E-state index contributed by atoms with van der Waals surface area (Å²) in [5.41, 5.74) is 2.32. The van der Waals surface area contributed by atoms with Gasteiger partial charge in [0.2, 0.25) is 0 Å². The molecule has 0 aliphatic carbocycles. The lowest BCUT2D eigenvalue weighted by molar-refractivity contribution is 0.802. The first-order chi connectivity index (χ1) is 7.75. The van der Waals surface area contributed by atoms with E-state index in [1.807, 2.05) is 48.1 Å². The highest BCUT2D eigenvalue weighted by molar-refractivity contribution is 6.20. The Labute approximate surface area is 101 Å². The maximum absolute atomic E-state index is 5.92. The summed E-state index contributed by atoms with van der Waals surface area (Å²) in [6.45, 7) is 2.02. The van der Waals surface area contributed by atoms with Gasteiger partial charge in [-0.1, -0.05) is 18.2 Å². The van der Waals surface area contributed by atoms with Gasteiger partial charge in [0.25, 0.3) is 0 Å². The Morgan fingerprint density at radius 1 is 1.31 bits per heavy atom. The lowest BCUT2D eigenvalue weighted by atomic mass is 10.2. The SMILES string of the molecule is CC(Cl)CCc1cnn(-c2ccccc2)c1. The van der Waals surface area contributed by atoms with Gasteiger partial charge in [-0.2, -0.15) is 5.10 Å². The molecule has 16 heavy (non-hydrogen) atoms. The molecule has 2 nitrogen and oxygen atoms in total. The van der Waals surface area contributed by atoms with E-state index in [9.17, 15) is 0 Å². The van der Waals surface area contributed by atoms with Gasteiger partial charge in [-0.25, -0.2) is 4.68 Å². The minimum Gasteiger partial charge on any atom is -0.241 e. The van der Waals surface area contributed by atoms with E-state index >= 15 is 0 Å². The standard InChI is InChI=1S/C13H15ClN2/c1-11(14)7-8-12-9-15-16(10-12)13-5-3-2-4-6-13/h2-6,9-11H,7-8H2,1H3. The molecule has 0 aliphatic heterocycles. The second kappa shape index (κ2) is 5.17. The Hall–Kier alpha value is -1.28. The first-order valence-corrected chi connectivity index (χ1v) is 5.92. The number of rotatable bonds is 4. The van der Waals surface area contributed by atoms with Gasteiger partial charge < -0.3 is 0 Å². The fourth-order valence-electron chi connectivity index (χ4n) is 1.58. The molecule has 1 atom stereocenters. The molecule has 1 aromatic carbocycles. The number of aromatic nitrogens is 2. The molecule has 0 spiro atoms. The van der Waals surface area contributed by atoms with Crippen LogP contribution in [-0.2, 0) is 6.42 Å². The third-order valence-electron chi connectivity index (χ3n) is 2.49. The number of hydrogen-bond donors (Lipinski definition) is 0. The van der Waals surface area contributed by atoms with Crippen LogP contribution in [0.3, 0.4) is 0 Å². The summed E-state index contributed by atoms with van der Waals surface area (Å²) in [6.07, 6.45) is 5.94. The van der Waals surface area contributed by atoms with Crippen LogP contribution < -0.4 is 0 Å². The molecule has 1 unspecified atom stereocenters. The van der Waals surface area contributed by atoms with Crippen LogP contribution in [0.1, 0.15) is 18.9 Å². The van der Waals surface area contributed by atoms with Gasteiger partial charge in [-0.05, 0) is 37.5 Å². The molecule has 0 amide bonds. The Balaban J connectivity index is 2.08. The number of nitrogens with zero attached hydrogens (tertiary/aromatic N) is 2. The first kappa shape index (κ1) is 11.2. The summed E-state index contributed by atoms with van der Waals surface area (Å²) < 4.78 is 1.90. The third-order valence-corrected chi connectivity index (χ3v) is 2.71. The quantitative estimate of drug-likeness (QED) is 0.742. The fourth-order valence-corrected chi connectivity index (χ4v) is 1.69. The minimum absolute atomic E-state index is 0.222. The lowest BCUT2D eigenvalue weighted by Gasteiger charge is -2.00. The van der Waals surface area contributed by atoms with Crippen molar-refractivity contribution in [3.8, 4) is 5.69 Å². The van der Waals surface area contributed by atoms with Crippen LogP contribution in [0.25, 0.3) is 5.69 Å². The molecule has 0 saturated heterocycles. The zero-order valence-electron chi connectivity index (χ0n) is 9.31. The highest BCUT2D eigenvalue weighted by atomic mass is 35.5. The summed E-state index contributed by atoms with van der Waals surface area (Å²) in [5.74, 6) is 0. The minimum atomic E-state index is 0.222. The van der Waals surface area contributed by atoms with Crippen molar-refractivity contribution < 1.29 is 0 Å². The highest BCUT2D eigenvalue weighted by Crippen LogP contribution is 2.11. The van der Waals surface area contributed by atoms with Crippen molar-refractivity contribution in [1.29, 1.82) is 0 Å². The topological polar surface area (TPSA) is 17.8 Å². The molecule has 0 fully saturated rings. The Kier molecular flexibility index (Phi) is 3.62. The van der Waals surface area contributed by atoms with Crippen LogP contribution in [0.15, 0.2) is 42.7 Å². The van der Waals surface area contributed by atoms with Gasteiger partial charge in [-0.3, -0.25) is 0 Å².